The van der Waals surface area contributed by atoms with Crippen LogP contribution in [0.25, 0.3) is 0 Å². The van der Waals surface area contributed by atoms with E-state index in [9.17, 15) is 18.0 Å². The number of anilines is 1. The van der Waals surface area contributed by atoms with E-state index in [1.165, 1.54) is 24.3 Å². The monoisotopic (exact) mass is 299 g/mol. The van der Waals surface area contributed by atoms with Gasteiger partial charge in [0.2, 0.25) is 5.91 Å². The fourth-order valence-corrected chi connectivity index (χ4v) is 1.95. The lowest BCUT2D eigenvalue weighted by Gasteiger charge is -2.06. The number of ether oxygens (including phenoxy) is 1. The summed E-state index contributed by atoms with van der Waals surface area (Å²) in [7, 11) is -3.36. The zero-order valence-corrected chi connectivity index (χ0v) is 12.2. The van der Waals surface area contributed by atoms with Gasteiger partial charge in [0.25, 0.3) is 0 Å². The zero-order valence-electron chi connectivity index (χ0n) is 11.4. The minimum atomic E-state index is -3.36. The molecule has 0 atom stereocenters. The highest BCUT2D eigenvalue weighted by Crippen LogP contribution is 2.11. The van der Waals surface area contributed by atoms with E-state index in [1.807, 2.05) is 6.92 Å². The number of benzene rings is 1. The van der Waals surface area contributed by atoms with Crippen molar-refractivity contribution in [3.63, 3.8) is 0 Å². The molecule has 0 aromatic heterocycles. The highest BCUT2D eigenvalue weighted by atomic mass is 32.2. The first-order chi connectivity index (χ1) is 9.31. The first-order valence-corrected chi connectivity index (χ1v) is 8.12. The van der Waals surface area contributed by atoms with Gasteiger partial charge in [-0.1, -0.05) is 6.92 Å². The third-order valence-corrected chi connectivity index (χ3v) is 3.02. The molecule has 0 bridgehead atoms. The van der Waals surface area contributed by atoms with Gasteiger partial charge in [-0.25, -0.2) is 13.2 Å². The summed E-state index contributed by atoms with van der Waals surface area (Å²) in [6, 6.07) is 6.05. The van der Waals surface area contributed by atoms with E-state index in [4.69, 9.17) is 4.74 Å². The van der Waals surface area contributed by atoms with Crippen LogP contribution in [-0.4, -0.2) is 38.9 Å². The quantitative estimate of drug-likeness (QED) is 0.798. The van der Waals surface area contributed by atoms with Crippen molar-refractivity contribution >= 4 is 27.4 Å². The molecule has 1 amide bonds. The van der Waals surface area contributed by atoms with Gasteiger partial charge in [0.05, 0.1) is 12.2 Å². The van der Waals surface area contributed by atoms with Crippen LogP contribution in [0.15, 0.2) is 24.3 Å². The molecule has 0 unspecified atom stereocenters. The maximum absolute atomic E-state index is 11.5. The van der Waals surface area contributed by atoms with Crippen LogP contribution in [0.3, 0.4) is 0 Å². The first-order valence-electron chi connectivity index (χ1n) is 6.06. The molecule has 1 aromatic carbocycles. The highest BCUT2D eigenvalue weighted by molar-refractivity contribution is 7.91. The number of carbonyl (C=O) groups excluding carboxylic acids is 2. The second kappa shape index (κ2) is 7.04. The summed E-state index contributed by atoms with van der Waals surface area (Å²) in [4.78, 5) is 22.9. The van der Waals surface area contributed by atoms with Gasteiger partial charge in [-0.2, -0.15) is 0 Å². The fourth-order valence-electron chi connectivity index (χ4n) is 1.40. The van der Waals surface area contributed by atoms with Crippen LogP contribution in [0, 0.1) is 0 Å². The number of carbonyl (C=O) groups is 2. The van der Waals surface area contributed by atoms with Crippen LogP contribution in [0.4, 0.5) is 5.69 Å². The molecule has 1 N–H and O–H groups in total. The van der Waals surface area contributed by atoms with Gasteiger partial charge in [-0.05, 0) is 30.7 Å². The van der Waals surface area contributed by atoms with Crippen molar-refractivity contribution < 1.29 is 22.7 Å². The van der Waals surface area contributed by atoms with Gasteiger partial charge >= 0.3 is 5.97 Å². The average Bonchev–Trinajstić information content (AvgIpc) is 2.34. The maximum Gasteiger partial charge on any atom is 0.338 e. The van der Waals surface area contributed by atoms with Gasteiger partial charge in [0, 0.05) is 11.9 Å². The van der Waals surface area contributed by atoms with Crippen LogP contribution >= 0.6 is 0 Å². The molecule has 0 aliphatic heterocycles. The van der Waals surface area contributed by atoms with E-state index >= 15 is 0 Å². The largest absolute Gasteiger partial charge is 0.462 e. The van der Waals surface area contributed by atoms with Gasteiger partial charge in [0.1, 0.15) is 5.75 Å². The number of sulfone groups is 1. The maximum atomic E-state index is 11.5. The number of esters is 1. The van der Waals surface area contributed by atoms with E-state index in [-0.39, 0.29) is 0 Å². The van der Waals surface area contributed by atoms with Gasteiger partial charge in [-0.3, -0.25) is 4.79 Å². The molecular formula is C13H17NO5S. The molecule has 0 saturated heterocycles. The third kappa shape index (κ3) is 5.83. The van der Waals surface area contributed by atoms with Crippen molar-refractivity contribution in [2.24, 2.45) is 0 Å². The third-order valence-electron chi connectivity index (χ3n) is 2.23. The van der Waals surface area contributed by atoms with E-state index in [2.05, 4.69) is 5.32 Å². The molecule has 110 valence electrons. The summed E-state index contributed by atoms with van der Waals surface area (Å²) in [5.74, 6) is -1.62. The number of hydrogen-bond acceptors (Lipinski definition) is 5. The minimum Gasteiger partial charge on any atom is -0.462 e. The molecule has 1 rings (SSSR count). The van der Waals surface area contributed by atoms with Gasteiger partial charge in [0.15, 0.2) is 9.84 Å². The Balaban J connectivity index is 2.63. The Hall–Kier alpha value is -1.89. The smallest absolute Gasteiger partial charge is 0.338 e. The van der Waals surface area contributed by atoms with E-state index in [0.717, 1.165) is 12.7 Å². The molecule has 0 aliphatic carbocycles. The first kappa shape index (κ1) is 16.2. The lowest BCUT2D eigenvalue weighted by molar-refractivity contribution is -0.113. The van der Waals surface area contributed by atoms with Crippen LogP contribution in [0.5, 0.6) is 0 Å². The summed E-state index contributed by atoms with van der Waals surface area (Å²) in [5, 5.41) is 2.44. The highest BCUT2D eigenvalue weighted by Gasteiger charge is 2.11. The molecular weight excluding hydrogens is 282 g/mol. The Kier molecular flexibility index (Phi) is 5.69. The standard InChI is InChI=1S/C13H17NO5S/c1-3-8-19-13(16)10-4-6-11(7-5-10)14-12(15)9-20(2,17)18/h4-7H,3,8-9H2,1-2H3,(H,14,15). The molecule has 0 aliphatic rings. The lowest BCUT2D eigenvalue weighted by Crippen LogP contribution is -2.21. The molecule has 0 fully saturated rings. The topological polar surface area (TPSA) is 89.5 Å². The van der Waals surface area contributed by atoms with Crippen LogP contribution in [0.1, 0.15) is 23.7 Å². The van der Waals surface area contributed by atoms with Crippen molar-refractivity contribution in [1.82, 2.24) is 0 Å². The number of rotatable bonds is 6. The van der Waals surface area contributed by atoms with Gasteiger partial charge in [-0.15, -0.1) is 0 Å². The average molecular weight is 299 g/mol. The number of amides is 1. The van der Waals surface area contributed by atoms with E-state index < -0.39 is 27.5 Å². The molecule has 0 heterocycles. The summed E-state index contributed by atoms with van der Waals surface area (Å²) in [6.45, 7) is 2.25. The Bertz CT molecular complexity index is 577. The minimum absolute atomic E-state index is 0.353. The zero-order chi connectivity index (χ0) is 15.2. The summed E-state index contributed by atoms with van der Waals surface area (Å²) < 4.78 is 26.9. The number of hydrogen-bond donors (Lipinski definition) is 1. The Morgan fingerprint density at radius 1 is 1.20 bits per heavy atom. The SMILES string of the molecule is CCCOC(=O)c1ccc(NC(=O)CS(C)(=O)=O)cc1. The summed E-state index contributed by atoms with van der Waals surface area (Å²) in [6.07, 6.45) is 1.73. The normalized spacial score (nSPS) is 10.9. The summed E-state index contributed by atoms with van der Waals surface area (Å²) in [5.41, 5.74) is 0.797. The lowest BCUT2D eigenvalue weighted by atomic mass is 10.2. The Labute approximate surface area is 118 Å². The van der Waals surface area contributed by atoms with Crippen molar-refractivity contribution in [1.29, 1.82) is 0 Å². The molecule has 0 saturated carbocycles. The van der Waals surface area contributed by atoms with Crippen molar-refractivity contribution in [2.45, 2.75) is 13.3 Å². The molecule has 0 spiro atoms. The van der Waals surface area contributed by atoms with E-state index in [1.54, 1.807) is 0 Å². The molecule has 0 radical (unpaired) electrons. The molecule has 6 nitrogen and oxygen atoms in total. The van der Waals surface area contributed by atoms with E-state index in [0.29, 0.717) is 17.9 Å². The Morgan fingerprint density at radius 2 is 1.80 bits per heavy atom. The molecule has 7 heteroatoms. The van der Waals surface area contributed by atoms with Gasteiger partial charge < -0.3 is 10.1 Å². The van der Waals surface area contributed by atoms with Crippen molar-refractivity contribution in [3.05, 3.63) is 29.8 Å². The summed E-state index contributed by atoms with van der Waals surface area (Å²) >= 11 is 0. The van der Waals surface area contributed by atoms with Crippen LogP contribution in [-0.2, 0) is 19.4 Å². The van der Waals surface area contributed by atoms with Crippen LogP contribution < -0.4 is 5.32 Å². The molecule has 1 aromatic rings. The second-order valence-corrected chi connectivity index (χ2v) is 6.47. The van der Waals surface area contributed by atoms with Crippen molar-refractivity contribution in [2.75, 3.05) is 23.9 Å². The number of nitrogens with one attached hydrogen (secondary N) is 1. The van der Waals surface area contributed by atoms with Crippen LogP contribution in [0.2, 0.25) is 0 Å². The predicted molar refractivity (Wildman–Crippen MR) is 75.4 cm³/mol. The van der Waals surface area contributed by atoms with Crippen molar-refractivity contribution in [3.8, 4) is 0 Å². The predicted octanol–water partition coefficient (Wildman–Crippen LogP) is 1.24. The Morgan fingerprint density at radius 3 is 2.30 bits per heavy atom. The second-order valence-electron chi connectivity index (χ2n) is 4.33. The fraction of sp³-hybridized carbons (Fsp3) is 0.385. The molecule has 20 heavy (non-hydrogen) atoms.